The van der Waals surface area contributed by atoms with Gasteiger partial charge in [0.15, 0.2) is 5.65 Å². The molecule has 2 fully saturated rings. The molecule has 0 radical (unpaired) electrons. The number of H-pyrrole nitrogens is 1. The summed E-state index contributed by atoms with van der Waals surface area (Å²) in [6.07, 6.45) is 3.47. The van der Waals surface area contributed by atoms with Crippen molar-refractivity contribution in [3.05, 3.63) is 67.5 Å². The maximum absolute atomic E-state index is 13.7. The van der Waals surface area contributed by atoms with E-state index in [0.29, 0.717) is 43.7 Å². The number of nitrogens with zero attached hydrogens (tertiary/aromatic N) is 3. The zero-order chi connectivity index (χ0) is 25.6. The first-order valence-corrected chi connectivity index (χ1v) is 12.9. The van der Waals surface area contributed by atoms with Crippen molar-refractivity contribution in [2.75, 3.05) is 13.1 Å². The first-order valence-electron chi connectivity index (χ1n) is 12.9. The number of hydrogen-bond acceptors (Lipinski definition) is 5. The second kappa shape index (κ2) is 9.56. The van der Waals surface area contributed by atoms with E-state index in [4.69, 9.17) is 9.72 Å². The summed E-state index contributed by atoms with van der Waals surface area (Å²) >= 11 is 0. The van der Waals surface area contributed by atoms with Gasteiger partial charge in [0.1, 0.15) is 11.9 Å². The molecule has 8 heteroatoms. The van der Waals surface area contributed by atoms with Gasteiger partial charge in [0.2, 0.25) is 0 Å². The van der Waals surface area contributed by atoms with Gasteiger partial charge in [-0.05, 0) is 61.9 Å². The Morgan fingerprint density at radius 2 is 1.81 bits per heavy atom. The number of ether oxygens (including phenoxy) is 1. The van der Waals surface area contributed by atoms with E-state index in [9.17, 15) is 14.4 Å². The molecule has 1 saturated heterocycles. The van der Waals surface area contributed by atoms with E-state index in [1.54, 1.807) is 11.0 Å². The molecule has 1 aliphatic carbocycles. The Morgan fingerprint density at radius 3 is 2.44 bits per heavy atom. The summed E-state index contributed by atoms with van der Waals surface area (Å²) in [6.45, 7) is 9.66. The number of likely N-dealkylation sites (tertiary alicyclic amines) is 1. The van der Waals surface area contributed by atoms with Gasteiger partial charge in [0.05, 0.1) is 10.9 Å². The van der Waals surface area contributed by atoms with E-state index in [-0.39, 0.29) is 29.2 Å². The molecule has 190 valence electrons. The molecule has 1 aromatic carbocycles. The van der Waals surface area contributed by atoms with Gasteiger partial charge in [0.25, 0.3) is 11.5 Å². The van der Waals surface area contributed by atoms with Crippen molar-refractivity contribution >= 4 is 16.9 Å². The summed E-state index contributed by atoms with van der Waals surface area (Å²) in [4.78, 5) is 48.3. The topological polar surface area (TPSA) is 97.3 Å². The molecular formula is C28H34N4O4. The fraction of sp³-hybridized carbons (Fsp3) is 0.500. The molecule has 8 nitrogen and oxygen atoms in total. The van der Waals surface area contributed by atoms with E-state index in [2.05, 4.69) is 31.0 Å². The van der Waals surface area contributed by atoms with Gasteiger partial charge in [0, 0.05) is 44.1 Å². The molecule has 0 atom stereocenters. The molecule has 36 heavy (non-hydrogen) atoms. The second-order valence-corrected chi connectivity index (χ2v) is 10.7. The van der Waals surface area contributed by atoms with Crippen LogP contribution in [0.5, 0.6) is 5.75 Å². The van der Waals surface area contributed by atoms with Crippen molar-refractivity contribution in [1.29, 1.82) is 0 Å². The predicted octanol–water partition coefficient (Wildman–Crippen LogP) is 3.92. The number of amides is 1. The van der Waals surface area contributed by atoms with Crippen molar-refractivity contribution in [3.63, 3.8) is 0 Å². The van der Waals surface area contributed by atoms with E-state index >= 15 is 0 Å². The van der Waals surface area contributed by atoms with E-state index in [1.165, 1.54) is 15.7 Å². The second-order valence-electron chi connectivity index (χ2n) is 10.7. The summed E-state index contributed by atoms with van der Waals surface area (Å²) in [6, 6.07) is 7.88. The number of aryl methyl sites for hydroxylation is 2. The predicted molar refractivity (Wildman–Crippen MR) is 139 cm³/mol. The maximum atomic E-state index is 13.7. The average Bonchev–Trinajstić information content (AvgIpc) is 3.69. The van der Waals surface area contributed by atoms with Crippen LogP contribution < -0.4 is 16.0 Å². The van der Waals surface area contributed by atoms with Gasteiger partial charge in [-0.2, -0.15) is 0 Å². The van der Waals surface area contributed by atoms with Crippen molar-refractivity contribution in [2.24, 2.45) is 5.92 Å². The minimum Gasteiger partial charge on any atom is -0.490 e. The SMILES string of the molecule is Cc1ccc(OC2CCN(C(=O)c3cc(C4CC4)nc4c3c(=O)[nH]c(=O)n4CC(C)C)CC2)cc1C. The highest BCUT2D eigenvalue weighted by Crippen LogP contribution is 2.40. The molecule has 1 N–H and O–H groups in total. The minimum atomic E-state index is -0.554. The number of pyridine rings is 1. The quantitative estimate of drug-likeness (QED) is 0.565. The third-order valence-electron chi connectivity index (χ3n) is 7.25. The maximum Gasteiger partial charge on any atom is 0.330 e. The number of rotatable bonds is 6. The van der Waals surface area contributed by atoms with Crippen LogP contribution in [0, 0.1) is 19.8 Å². The zero-order valence-electron chi connectivity index (χ0n) is 21.5. The molecule has 0 spiro atoms. The smallest absolute Gasteiger partial charge is 0.330 e. The first-order chi connectivity index (χ1) is 17.2. The summed E-state index contributed by atoms with van der Waals surface area (Å²) in [5, 5.41) is 0.207. The van der Waals surface area contributed by atoms with E-state index in [0.717, 1.165) is 24.3 Å². The van der Waals surface area contributed by atoms with Crippen LogP contribution in [0.4, 0.5) is 0 Å². The van der Waals surface area contributed by atoms with Gasteiger partial charge in [-0.3, -0.25) is 19.1 Å². The van der Waals surface area contributed by atoms with Crippen LogP contribution in [0.15, 0.2) is 33.9 Å². The van der Waals surface area contributed by atoms with Crippen LogP contribution in [0.25, 0.3) is 11.0 Å². The Bertz CT molecular complexity index is 1430. The summed E-state index contributed by atoms with van der Waals surface area (Å²) in [5.74, 6) is 1.12. The van der Waals surface area contributed by atoms with Crippen LogP contribution in [0.2, 0.25) is 0 Å². The third kappa shape index (κ3) is 4.81. The molecule has 1 aliphatic heterocycles. The highest BCUT2D eigenvalue weighted by molar-refractivity contribution is 6.05. The number of fused-ring (bicyclic) bond motifs is 1. The molecular weight excluding hydrogens is 456 g/mol. The standard InChI is InChI=1S/C28H34N4O4/c1-16(2)15-32-25-24(26(33)30-28(32)35)22(14-23(29-25)19-6-7-19)27(34)31-11-9-20(10-12-31)36-21-8-5-17(3)18(4)13-21/h5,8,13-14,16,19-20H,6-7,9-12,15H2,1-4H3,(H,30,33,35). The number of hydrogen-bond donors (Lipinski definition) is 1. The Morgan fingerprint density at radius 1 is 1.08 bits per heavy atom. The normalized spacial score (nSPS) is 16.6. The number of nitrogens with one attached hydrogen (secondary N) is 1. The molecule has 0 unspecified atom stereocenters. The van der Waals surface area contributed by atoms with Gasteiger partial charge in [-0.1, -0.05) is 19.9 Å². The van der Waals surface area contributed by atoms with E-state index < -0.39 is 11.2 Å². The van der Waals surface area contributed by atoms with Crippen molar-refractivity contribution in [2.45, 2.75) is 71.9 Å². The Hall–Kier alpha value is -3.42. The Kier molecular flexibility index (Phi) is 6.45. The van der Waals surface area contributed by atoms with Crippen LogP contribution in [0.3, 0.4) is 0 Å². The molecule has 0 bridgehead atoms. The number of benzene rings is 1. The fourth-order valence-corrected chi connectivity index (χ4v) is 4.91. The van der Waals surface area contributed by atoms with Crippen LogP contribution in [-0.2, 0) is 6.54 Å². The number of aromatic nitrogens is 3. The Labute approximate surface area is 210 Å². The third-order valence-corrected chi connectivity index (χ3v) is 7.25. The van der Waals surface area contributed by atoms with Crippen LogP contribution in [0.1, 0.15) is 72.6 Å². The number of carbonyl (C=O) groups is 1. The number of aromatic amines is 1. The van der Waals surface area contributed by atoms with E-state index in [1.807, 2.05) is 19.9 Å². The van der Waals surface area contributed by atoms with Gasteiger partial charge >= 0.3 is 5.69 Å². The largest absolute Gasteiger partial charge is 0.490 e. The van der Waals surface area contributed by atoms with Crippen molar-refractivity contribution < 1.29 is 9.53 Å². The van der Waals surface area contributed by atoms with Crippen LogP contribution >= 0.6 is 0 Å². The molecule has 3 aromatic rings. The first kappa shape index (κ1) is 24.3. The van der Waals surface area contributed by atoms with Gasteiger partial charge in [-0.15, -0.1) is 0 Å². The molecule has 2 aromatic heterocycles. The van der Waals surface area contributed by atoms with Crippen molar-refractivity contribution in [1.82, 2.24) is 19.4 Å². The molecule has 1 amide bonds. The van der Waals surface area contributed by atoms with Crippen LogP contribution in [-0.4, -0.2) is 44.5 Å². The summed E-state index contributed by atoms with van der Waals surface area (Å²) < 4.78 is 7.71. The number of carbonyl (C=O) groups excluding carboxylic acids is 1. The monoisotopic (exact) mass is 490 g/mol. The zero-order valence-corrected chi connectivity index (χ0v) is 21.5. The van der Waals surface area contributed by atoms with Gasteiger partial charge in [-0.25, -0.2) is 9.78 Å². The molecule has 3 heterocycles. The lowest BCUT2D eigenvalue weighted by Gasteiger charge is -2.32. The summed E-state index contributed by atoms with van der Waals surface area (Å²) in [7, 11) is 0. The molecule has 2 aliphatic rings. The highest BCUT2D eigenvalue weighted by atomic mass is 16.5. The number of piperidine rings is 1. The lowest BCUT2D eigenvalue weighted by molar-refractivity contribution is 0.0597. The highest BCUT2D eigenvalue weighted by Gasteiger charge is 2.31. The summed E-state index contributed by atoms with van der Waals surface area (Å²) in [5.41, 5.74) is 2.84. The average molecular weight is 491 g/mol. The molecule has 5 rings (SSSR count). The lowest BCUT2D eigenvalue weighted by Crippen LogP contribution is -2.42. The minimum absolute atomic E-state index is 0.0342. The molecule has 1 saturated carbocycles. The van der Waals surface area contributed by atoms with Crippen molar-refractivity contribution in [3.8, 4) is 5.75 Å². The fourth-order valence-electron chi connectivity index (χ4n) is 4.91. The Balaban J connectivity index is 1.43. The lowest BCUT2D eigenvalue weighted by atomic mass is 10.0. The van der Waals surface area contributed by atoms with Gasteiger partial charge < -0.3 is 9.64 Å².